The zero-order valence-electron chi connectivity index (χ0n) is 38.5. The van der Waals surface area contributed by atoms with E-state index in [0.717, 1.165) is 34.1 Å². The highest BCUT2D eigenvalue weighted by Crippen LogP contribution is 2.53. The van der Waals surface area contributed by atoms with Crippen LogP contribution in [0.2, 0.25) is 0 Å². The molecule has 0 spiro atoms. The van der Waals surface area contributed by atoms with Crippen LogP contribution in [0.25, 0.3) is 54.9 Å². The van der Waals surface area contributed by atoms with E-state index in [-0.39, 0.29) is 10.8 Å². The molecule has 0 unspecified atom stereocenters. The maximum absolute atomic E-state index is 2.46. The van der Waals surface area contributed by atoms with Gasteiger partial charge in [-0.15, -0.1) is 0 Å². The smallest absolute Gasteiger partial charge is 0.0468 e. The van der Waals surface area contributed by atoms with E-state index >= 15 is 0 Å². The Labute approximate surface area is 389 Å². The number of anilines is 6. The van der Waals surface area contributed by atoms with Gasteiger partial charge in [-0.3, -0.25) is 0 Å². The molecule has 0 heterocycles. The summed E-state index contributed by atoms with van der Waals surface area (Å²) in [6.07, 6.45) is 0. The summed E-state index contributed by atoms with van der Waals surface area (Å²) in [6.45, 7) is 14.0. The van der Waals surface area contributed by atoms with E-state index in [9.17, 15) is 0 Å². The number of hydrogen-bond donors (Lipinski definition) is 0. The molecule has 0 amide bonds. The Morgan fingerprint density at radius 3 is 1.02 bits per heavy atom. The first-order valence-corrected chi connectivity index (χ1v) is 23.3. The largest absolute Gasteiger partial charge is 0.310 e. The van der Waals surface area contributed by atoms with Crippen LogP contribution in [0.1, 0.15) is 61.1 Å². The van der Waals surface area contributed by atoms with Crippen molar-refractivity contribution in [1.29, 1.82) is 0 Å². The van der Waals surface area contributed by atoms with Gasteiger partial charge in [-0.05, 0) is 175 Å². The second-order valence-corrected chi connectivity index (χ2v) is 19.5. The third-order valence-electron chi connectivity index (χ3n) is 14.9. The van der Waals surface area contributed by atoms with Gasteiger partial charge >= 0.3 is 0 Å². The van der Waals surface area contributed by atoms with Crippen molar-refractivity contribution in [1.82, 2.24) is 0 Å². The fourth-order valence-corrected chi connectivity index (χ4v) is 11.3. The highest BCUT2D eigenvalue weighted by Gasteiger charge is 2.37. The van der Waals surface area contributed by atoms with Crippen molar-refractivity contribution in [2.24, 2.45) is 0 Å². The minimum atomic E-state index is -0.123. The van der Waals surface area contributed by atoms with Crippen molar-refractivity contribution in [3.8, 4) is 33.4 Å². The van der Waals surface area contributed by atoms with Crippen molar-refractivity contribution in [3.05, 3.63) is 240 Å². The van der Waals surface area contributed by atoms with Gasteiger partial charge in [-0.1, -0.05) is 161 Å². The first kappa shape index (κ1) is 39.9. The fraction of sp³-hybridized carbons (Fsp3) is 0.125. The molecule has 2 nitrogen and oxygen atoms in total. The van der Waals surface area contributed by atoms with Gasteiger partial charge in [-0.25, -0.2) is 0 Å². The lowest BCUT2D eigenvalue weighted by Gasteiger charge is -2.30. The normalized spacial score (nSPS) is 13.8. The fourth-order valence-electron chi connectivity index (χ4n) is 11.3. The van der Waals surface area contributed by atoms with E-state index in [2.05, 4.69) is 258 Å². The summed E-state index contributed by atoms with van der Waals surface area (Å²) in [5.41, 5.74) is 22.2. The molecule has 0 saturated heterocycles. The lowest BCUT2D eigenvalue weighted by Crippen LogP contribution is -2.16. The Balaban J connectivity index is 1.02. The van der Waals surface area contributed by atoms with Gasteiger partial charge in [0.05, 0.1) is 0 Å². The van der Waals surface area contributed by atoms with E-state index in [1.54, 1.807) is 0 Å². The third kappa shape index (κ3) is 6.23. The summed E-state index contributed by atoms with van der Waals surface area (Å²) in [7, 11) is 0. The van der Waals surface area contributed by atoms with E-state index in [1.165, 1.54) is 88.3 Å². The standard InChI is InChI=1S/C64H52N2/c1-41-23-27-49(65(47-29-25-43-15-7-9-17-45(43)35-47)51-31-33-55-53-19-11-13-21-59(53)63(3,4)61(55)39-51)37-57(41)58-38-50(28-24-42(58)2)66(48-30-26-44-16-8-10-18-46(44)36-48)52-32-34-56-54-20-12-14-22-60(54)64(5,6)62(56)40-52/h7-40H,1-6H3. The van der Waals surface area contributed by atoms with E-state index in [4.69, 9.17) is 0 Å². The van der Waals surface area contributed by atoms with Crippen molar-refractivity contribution in [2.75, 3.05) is 9.80 Å². The first-order chi connectivity index (χ1) is 32.0. The van der Waals surface area contributed by atoms with Crippen LogP contribution in [0, 0.1) is 13.8 Å². The molecule has 0 N–H and O–H groups in total. The predicted octanol–water partition coefficient (Wildman–Crippen LogP) is 17.8. The molecule has 0 radical (unpaired) electrons. The first-order valence-electron chi connectivity index (χ1n) is 23.3. The molecule has 10 aromatic rings. The molecule has 66 heavy (non-hydrogen) atoms. The highest BCUT2D eigenvalue weighted by molar-refractivity contribution is 5.94. The minimum Gasteiger partial charge on any atom is -0.310 e. The average Bonchev–Trinajstić information content (AvgIpc) is 3.71. The van der Waals surface area contributed by atoms with Gasteiger partial charge < -0.3 is 9.80 Å². The highest BCUT2D eigenvalue weighted by atomic mass is 15.1. The summed E-state index contributed by atoms with van der Waals surface area (Å²) in [5.74, 6) is 0. The van der Waals surface area contributed by atoms with Crippen LogP contribution in [0.5, 0.6) is 0 Å². The topological polar surface area (TPSA) is 6.48 Å². The van der Waals surface area contributed by atoms with Crippen LogP contribution in [0.4, 0.5) is 34.1 Å². The summed E-state index contributed by atoms with van der Waals surface area (Å²) in [6, 6.07) is 77.1. The molecule has 0 aliphatic heterocycles. The Morgan fingerprint density at radius 2 is 0.576 bits per heavy atom. The molecular formula is C64H52N2. The van der Waals surface area contributed by atoms with E-state index in [1.807, 2.05) is 0 Å². The second kappa shape index (κ2) is 14.9. The molecule has 2 aliphatic rings. The quantitative estimate of drug-likeness (QED) is 0.158. The molecular weight excluding hydrogens is 797 g/mol. The number of nitrogens with zero attached hydrogens (tertiary/aromatic N) is 2. The van der Waals surface area contributed by atoms with Crippen LogP contribution in [-0.4, -0.2) is 0 Å². The Kier molecular flexibility index (Phi) is 9.03. The van der Waals surface area contributed by atoms with Crippen LogP contribution >= 0.6 is 0 Å². The second-order valence-electron chi connectivity index (χ2n) is 19.5. The van der Waals surface area contributed by atoms with Crippen molar-refractivity contribution >= 4 is 55.7 Å². The maximum Gasteiger partial charge on any atom is 0.0468 e. The van der Waals surface area contributed by atoms with Gasteiger partial charge in [0.2, 0.25) is 0 Å². The number of rotatable bonds is 7. The molecule has 0 atom stereocenters. The van der Waals surface area contributed by atoms with Crippen LogP contribution < -0.4 is 9.80 Å². The van der Waals surface area contributed by atoms with Gasteiger partial charge in [0.1, 0.15) is 0 Å². The SMILES string of the molecule is Cc1ccc(N(c2ccc3c(c2)C(C)(C)c2ccccc2-3)c2ccc3ccccc3c2)cc1-c1cc(N(c2ccc3c(c2)C(C)(C)c2ccccc2-3)c2ccc3ccccc3c2)ccc1C. The molecule has 12 rings (SSSR count). The molecule has 318 valence electrons. The summed E-state index contributed by atoms with van der Waals surface area (Å²) in [4.78, 5) is 4.92. The van der Waals surface area contributed by atoms with Crippen LogP contribution in [0.15, 0.2) is 206 Å². The summed E-state index contributed by atoms with van der Waals surface area (Å²) in [5, 5.41) is 4.90. The van der Waals surface area contributed by atoms with Crippen LogP contribution in [-0.2, 0) is 10.8 Å². The molecule has 2 heteroatoms. The number of aryl methyl sites for hydroxylation is 2. The predicted molar refractivity (Wildman–Crippen MR) is 281 cm³/mol. The number of fused-ring (bicyclic) bond motifs is 8. The van der Waals surface area contributed by atoms with Crippen molar-refractivity contribution < 1.29 is 0 Å². The molecule has 10 aromatic carbocycles. The molecule has 0 saturated carbocycles. The monoisotopic (exact) mass is 848 g/mol. The average molecular weight is 849 g/mol. The Morgan fingerprint density at radius 1 is 0.258 bits per heavy atom. The minimum absolute atomic E-state index is 0.123. The zero-order valence-corrected chi connectivity index (χ0v) is 38.5. The van der Waals surface area contributed by atoms with Crippen LogP contribution in [0.3, 0.4) is 0 Å². The summed E-state index contributed by atoms with van der Waals surface area (Å²) < 4.78 is 0. The van der Waals surface area contributed by atoms with Crippen molar-refractivity contribution in [3.63, 3.8) is 0 Å². The van der Waals surface area contributed by atoms with E-state index in [0.29, 0.717) is 0 Å². The van der Waals surface area contributed by atoms with E-state index < -0.39 is 0 Å². The third-order valence-corrected chi connectivity index (χ3v) is 14.9. The summed E-state index contributed by atoms with van der Waals surface area (Å²) >= 11 is 0. The van der Waals surface area contributed by atoms with Gasteiger partial charge in [-0.2, -0.15) is 0 Å². The molecule has 0 aromatic heterocycles. The molecule has 0 bridgehead atoms. The van der Waals surface area contributed by atoms with Gasteiger partial charge in [0, 0.05) is 45.0 Å². The number of hydrogen-bond acceptors (Lipinski definition) is 2. The Hall–Kier alpha value is -7.68. The molecule has 2 aliphatic carbocycles. The zero-order chi connectivity index (χ0) is 44.9. The van der Waals surface area contributed by atoms with Gasteiger partial charge in [0.25, 0.3) is 0 Å². The van der Waals surface area contributed by atoms with Gasteiger partial charge in [0.15, 0.2) is 0 Å². The maximum atomic E-state index is 2.46. The number of benzene rings is 10. The van der Waals surface area contributed by atoms with Crippen molar-refractivity contribution in [2.45, 2.75) is 52.4 Å². The lowest BCUT2D eigenvalue weighted by atomic mass is 9.82. The lowest BCUT2D eigenvalue weighted by molar-refractivity contribution is 0.660. The Bertz CT molecular complexity index is 3350. The molecule has 0 fully saturated rings.